The molecule has 0 amide bonds. The van der Waals surface area contributed by atoms with Gasteiger partial charge in [-0.15, -0.1) is 0 Å². The number of aromatic nitrogens is 6. The third kappa shape index (κ3) is 3.08. The molecule has 29 heavy (non-hydrogen) atoms. The van der Waals surface area contributed by atoms with Crippen LogP contribution in [0.15, 0.2) is 22.3 Å². The number of nitrogen functional groups attached to an aromatic ring is 2. The summed E-state index contributed by atoms with van der Waals surface area (Å²) in [7, 11) is 0. The Bertz CT molecular complexity index is 1250. The maximum atomic E-state index is 6.60. The summed E-state index contributed by atoms with van der Waals surface area (Å²) in [6.45, 7) is 3.99. The first-order chi connectivity index (χ1) is 14.0. The number of nitrogens with zero attached hydrogens (tertiary/aromatic N) is 6. The molecule has 1 saturated heterocycles. The van der Waals surface area contributed by atoms with Crippen molar-refractivity contribution < 1.29 is 0 Å². The van der Waals surface area contributed by atoms with Crippen LogP contribution in [0.4, 0.5) is 17.6 Å². The predicted molar refractivity (Wildman–Crippen MR) is 115 cm³/mol. The number of fused-ring (bicyclic) bond motifs is 2. The average molecular weight is 428 g/mol. The fourth-order valence-electron chi connectivity index (χ4n) is 3.32. The Morgan fingerprint density at radius 1 is 1.21 bits per heavy atom. The van der Waals surface area contributed by atoms with E-state index in [9.17, 15) is 0 Å². The van der Waals surface area contributed by atoms with Gasteiger partial charge in [-0.3, -0.25) is 0 Å². The summed E-state index contributed by atoms with van der Waals surface area (Å²) in [6, 6.07) is 1.86. The minimum Gasteiger partial charge on any atom is -0.382 e. The van der Waals surface area contributed by atoms with Gasteiger partial charge in [-0.05, 0) is 30.7 Å². The van der Waals surface area contributed by atoms with Gasteiger partial charge in [0.05, 0.1) is 15.9 Å². The van der Waals surface area contributed by atoms with Crippen LogP contribution < -0.4 is 16.4 Å². The summed E-state index contributed by atoms with van der Waals surface area (Å²) in [5.74, 6) is 1.24. The summed E-state index contributed by atoms with van der Waals surface area (Å²) in [5.41, 5.74) is 14.4. The van der Waals surface area contributed by atoms with Crippen LogP contribution in [0, 0.1) is 0 Å². The van der Waals surface area contributed by atoms with E-state index in [1.165, 1.54) is 11.8 Å². The predicted octanol–water partition coefficient (Wildman–Crippen LogP) is 3.04. The SMILES string of the molecule is CCc1[nH]c2nc(Sc3cnc4c(N)nc(N)nc4c3)nc(N3CCC3)c2c1Cl. The van der Waals surface area contributed by atoms with Gasteiger partial charge in [-0.2, -0.15) is 4.98 Å². The van der Waals surface area contributed by atoms with E-state index in [0.29, 0.717) is 21.2 Å². The van der Waals surface area contributed by atoms with Crippen LogP contribution in [0.25, 0.3) is 22.1 Å². The van der Waals surface area contributed by atoms with E-state index in [1.54, 1.807) is 6.20 Å². The zero-order valence-electron chi connectivity index (χ0n) is 15.6. The number of anilines is 3. The molecule has 4 aromatic heterocycles. The number of hydrogen-bond donors (Lipinski definition) is 3. The van der Waals surface area contributed by atoms with Gasteiger partial charge >= 0.3 is 0 Å². The summed E-state index contributed by atoms with van der Waals surface area (Å²) in [6.07, 6.45) is 3.65. The molecule has 1 aliphatic rings. The Balaban J connectivity index is 1.59. The molecule has 0 saturated carbocycles. The lowest BCUT2D eigenvalue weighted by Crippen LogP contribution is -2.37. The number of H-pyrrole nitrogens is 1. The van der Waals surface area contributed by atoms with Crippen molar-refractivity contribution >= 4 is 63.0 Å². The maximum absolute atomic E-state index is 6.60. The Hall–Kier alpha value is -2.85. The highest BCUT2D eigenvalue weighted by atomic mass is 35.5. The van der Waals surface area contributed by atoms with Crippen LogP contribution in [-0.4, -0.2) is 43.0 Å². The van der Waals surface area contributed by atoms with Crippen LogP contribution in [0.1, 0.15) is 19.0 Å². The van der Waals surface area contributed by atoms with Gasteiger partial charge in [-0.25, -0.2) is 19.9 Å². The van der Waals surface area contributed by atoms with Crippen LogP contribution >= 0.6 is 23.4 Å². The number of pyridine rings is 1. The van der Waals surface area contributed by atoms with Gasteiger partial charge in [0, 0.05) is 29.9 Å². The number of nitrogens with one attached hydrogen (secondary N) is 1. The molecule has 0 spiro atoms. The van der Waals surface area contributed by atoms with Gasteiger partial charge in [0.2, 0.25) is 5.95 Å². The van der Waals surface area contributed by atoms with E-state index in [4.69, 9.17) is 33.0 Å². The normalized spacial score (nSPS) is 13.9. The van der Waals surface area contributed by atoms with E-state index in [-0.39, 0.29) is 11.8 Å². The molecule has 0 atom stereocenters. The van der Waals surface area contributed by atoms with Crippen LogP contribution in [0.3, 0.4) is 0 Å². The van der Waals surface area contributed by atoms with E-state index >= 15 is 0 Å². The van der Waals surface area contributed by atoms with Crippen LogP contribution in [0.2, 0.25) is 5.02 Å². The molecule has 5 rings (SSSR count). The summed E-state index contributed by atoms with van der Waals surface area (Å²) in [5, 5.41) is 2.20. The molecule has 1 aliphatic heterocycles. The molecular formula is C18H18ClN9S. The molecule has 0 unspecified atom stereocenters. The average Bonchev–Trinajstić information content (AvgIpc) is 2.95. The summed E-state index contributed by atoms with van der Waals surface area (Å²) >= 11 is 8.00. The molecule has 0 bridgehead atoms. The van der Waals surface area contributed by atoms with Crippen LogP contribution in [-0.2, 0) is 6.42 Å². The molecule has 0 aromatic carbocycles. The lowest BCUT2D eigenvalue weighted by Gasteiger charge is -2.32. The number of halogens is 1. The third-order valence-corrected chi connectivity index (χ3v) is 6.14. The first-order valence-corrected chi connectivity index (χ1v) is 10.4. The molecule has 9 nitrogen and oxygen atoms in total. The van der Waals surface area contributed by atoms with Crippen molar-refractivity contribution in [3.8, 4) is 0 Å². The second kappa shape index (κ2) is 6.89. The van der Waals surface area contributed by atoms with E-state index in [1.807, 2.05) is 6.07 Å². The molecular weight excluding hydrogens is 410 g/mol. The molecule has 0 aliphatic carbocycles. The fourth-order valence-corrected chi connectivity index (χ4v) is 4.43. The molecule has 1 fully saturated rings. The van der Waals surface area contributed by atoms with Crippen molar-refractivity contribution in [2.45, 2.75) is 29.8 Å². The van der Waals surface area contributed by atoms with Crippen molar-refractivity contribution in [1.29, 1.82) is 0 Å². The first kappa shape index (κ1) is 18.2. The molecule has 5 N–H and O–H groups in total. The number of nitrogens with two attached hydrogens (primary N) is 2. The van der Waals surface area contributed by atoms with Crippen molar-refractivity contribution in [2.75, 3.05) is 29.5 Å². The van der Waals surface area contributed by atoms with Crippen molar-refractivity contribution in [3.63, 3.8) is 0 Å². The minimum absolute atomic E-state index is 0.116. The maximum Gasteiger partial charge on any atom is 0.222 e. The Morgan fingerprint density at radius 2 is 2.03 bits per heavy atom. The number of hydrogen-bond acceptors (Lipinski definition) is 9. The van der Waals surface area contributed by atoms with Gasteiger partial charge in [0.25, 0.3) is 0 Å². The van der Waals surface area contributed by atoms with Crippen molar-refractivity contribution in [3.05, 3.63) is 23.0 Å². The third-order valence-electron chi connectivity index (χ3n) is 4.90. The van der Waals surface area contributed by atoms with Gasteiger partial charge in [-0.1, -0.05) is 18.5 Å². The highest BCUT2D eigenvalue weighted by Gasteiger charge is 2.24. The van der Waals surface area contributed by atoms with Gasteiger partial charge in [0.15, 0.2) is 11.0 Å². The smallest absolute Gasteiger partial charge is 0.222 e. The van der Waals surface area contributed by atoms with E-state index < -0.39 is 0 Å². The molecule has 148 valence electrons. The lowest BCUT2D eigenvalue weighted by molar-refractivity contribution is 0.608. The first-order valence-electron chi connectivity index (χ1n) is 9.23. The topological polar surface area (TPSA) is 136 Å². The minimum atomic E-state index is 0.116. The second-order valence-corrected chi connectivity index (χ2v) is 8.19. The molecule has 5 heterocycles. The van der Waals surface area contributed by atoms with Crippen molar-refractivity contribution in [2.24, 2.45) is 0 Å². The second-order valence-electron chi connectivity index (χ2n) is 6.77. The monoisotopic (exact) mass is 427 g/mol. The highest BCUT2D eigenvalue weighted by Crippen LogP contribution is 2.38. The number of aromatic amines is 1. The van der Waals surface area contributed by atoms with Crippen LogP contribution in [0.5, 0.6) is 0 Å². The molecule has 4 aromatic rings. The number of aryl methyl sites for hydroxylation is 1. The standard InChI is InChI=1S/C18H18ClN9S/c1-2-9-12(19)11-15(23-9)26-18(27-16(11)28-4-3-5-28)29-8-6-10-13(22-7-8)14(20)25-17(21)24-10/h6-7H,2-5H2,1H3,(H,23,26,27)(H4,20,21,24,25). The fraction of sp³-hybridized carbons (Fsp3) is 0.278. The van der Waals surface area contributed by atoms with Crippen molar-refractivity contribution in [1.82, 2.24) is 29.9 Å². The summed E-state index contributed by atoms with van der Waals surface area (Å²) < 4.78 is 0. The molecule has 0 radical (unpaired) electrons. The van der Waals surface area contributed by atoms with Gasteiger partial charge < -0.3 is 21.4 Å². The Kier molecular flexibility index (Phi) is 4.32. The Morgan fingerprint density at radius 3 is 2.76 bits per heavy atom. The summed E-state index contributed by atoms with van der Waals surface area (Å²) in [4.78, 5) is 28.4. The van der Waals surface area contributed by atoms with Gasteiger partial charge in [0.1, 0.15) is 17.0 Å². The zero-order chi connectivity index (χ0) is 20.1. The quantitative estimate of drug-likeness (QED) is 0.419. The lowest BCUT2D eigenvalue weighted by atomic mass is 10.2. The largest absolute Gasteiger partial charge is 0.382 e. The van der Waals surface area contributed by atoms with E-state index in [2.05, 4.69) is 31.8 Å². The zero-order valence-corrected chi connectivity index (χ0v) is 17.2. The highest BCUT2D eigenvalue weighted by molar-refractivity contribution is 7.99. The number of rotatable bonds is 4. The van der Waals surface area contributed by atoms with E-state index in [0.717, 1.165) is 53.4 Å². The molecule has 11 heteroatoms. The Labute approximate surface area is 175 Å².